The van der Waals surface area contributed by atoms with Gasteiger partial charge in [-0.05, 0) is 13.3 Å². The summed E-state index contributed by atoms with van der Waals surface area (Å²) in [6, 6.07) is 0. The predicted molar refractivity (Wildman–Crippen MR) is 53.8 cm³/mol. The third-order valence-electron chi connectivity index (χ3n) is 1.95. The van der Waals surface area contributed by atoms with E-state index in [-0.39, 0.29) is 5.38 Å². The quantitative estimate of drug-likeness (QED) is 0.542. The summed E-state index contributed by atoms with van der Waals surface area (Å²) < 4.78 is 1.86. The van der Waals surface area contributed by atoms with Crippen molar-refractivity contribution in [1.29, 1.82) is 0 Å². The number of aromatic nitrogens is 3. The van der Waals surface area contributed by atoms with Gasteiger partial charge in [0.2, 0.25) is 0 Å². The number of hydrogen-bond acceptors (Lipinski definition) is 2. The average molecular weight is 202 g/mol. The summed E-state index contributed by atoms with van der Waals surface area (Å²) in [5.74, 6) is 0. The van der Waals surface area contributed by atoms with E-state index in [0.29, 0.717) is 0 Å². The molecule has 3 nitrogen and oxygen atoms in total. The summed E-state index contributed by atoms with van der Waals surface area (Å²) in [5, 5.41) is 7.93. The predicted octanol–water partition coefficient (Wildman–Crippen LogP) is 2.77. The van der Waals surface area contributed by atoms with Crippen LogP contribution in [-0.4, -0.2) is 15.0 Å². The van der Waals surface area contributed by atoms with E-state index in [1.54, 1.807) is 0 Å². The molecular formula is C9H16ClN3. The van der Waals surface area contributed by atoms with E-state index in [1.165, 1.54) is 12.8 Å². The molecule has 4 heteroatoms. The third kappa shape index (κ3) is 3.35. The monoisotopic (exact) mass is 201 g/mol. The van der Waals surface area contributed by atoms with Crippen molar-refractivity contribution < 1.29 is 0 Å². The molecule has 1 aromatic rings. The molecule has 0 spiro atoms. The van der Waals surface area contributed by atoms with E-state index in [1.807, 2.05) is 17.8 Å². The molecule has 0 saturated heterocycles. The Kier molecular flexibility index (Phi) is 4.22. The van der Waals surface area contributed by atoms with Crippen LogP contribution < -0.4 is 0 Å². The van der Waals surface area contributed by atoms with Crippen LogP contribution in [0.15, 0.2) is 6.20 Å². The number of halogens is 1. The van der Waals surface area contributed by atoms with Crippen molar-refractivity contribution >= 4 is 11.6 Å². The number of alkyl halides is 1. The van der Waals surface area contributed by atoms with Gasteiger partial charge in [-0.3, -0.25) is 4.68 Å². The Hall–Kier alpha value is -0.570. The van der Waals surface area contributed by atoms with Gasteiger partial charge in [0.15, 0.2) is 0 Å². The van der Waals surface area contributed by atoms with Gasteiger partial charge in [-0.25, -0.2) is 0 Å². The van der Waals surface area contributed by atoms with Gasteiger partial charge in [-0.1, -0.05) is 25.0 Å². The summed E-state index contributed by atoms with van der Waals surface area (Å²) in [6.45, 7) is 5.04. The van der Waals surface area contributed by atoms with Gasteiger partial charge >= 0.3 is 0 Å². The molecular weight excluding hydrogens is 186 g/mol. The topological polar surface area (TPSA) is 30.7 Å². The molecule has 0 aliphatic heterocycles. The van der Waals surface area contributed by atoms with Gasteiger partial charge < -0.3 is 0 Å². The molecule has 0 fully saturated rings. The Balaban J connectivity index is 2.40. The molecule has 1 unspecified atom stereocenters. The SMILES string of the molecule is CCCCCn1cc(C(C)Cl)nn1. The number of rotatable bonds is 5. The van der Waals surface area contributed by atoms with Gasteiger partial charge in [-0.15, -0.1) is 16.7 Å². The molecule has 0 amide bonds. The van der Waals surface area contributed by atoms with Crippen molar-refractivity contribution in [3.8, 4) is 0 Å². The zero-order valence-electron chi connectivity index (χ0n) is 8.20. The third-order valence-corrected chi connectivity index (χ3v) is 2.18. The second-order valence-electron chi connectivity index (χ2n) is 3.23. The van der Waals surface area contributed by atoms with Crippen molar-refractivity contribution in [2.75, 3.05) is 0 Å². The Bertz CT molecular complexity index is 245. The first-order valence-electron chi connectivity index (χ1n) is 4.78. The molecule has 1 aromatic heterocycles. The van der Waals surface area contributed by atoms with Crippen molar-refractivity contribution in [2.24, 2.45) is 0 Å². The Labute approximate surface area is 84.1 Å². The minimum atomic E-state index is -0.0417. The maximum atomic E-state index is 5.86. The molecule has 0 aromatic carbocycles. The fourth-order valence-electron chi connectivity index (χ4n) is 1.13. The normalized spacial score (nSPS) is 13.2. The van der Waals surface area contributed by atoms with E-state index in [2.05, 4.69) is 17.2 Å². The lowest BCUT2D eigenvalue weighted by Gasteiger charge is -1.97. The zero-order chi connectivity index (χ0) is 9.68. The highest BCUT2D eigenvalue weighted by molar-refractivity contribution is 6.20. The maximum absolute atomic E-state index is 5.86. The zero-order valence-corrected chi connectivity index (χ0v) is 8.96. The summed E-state index contributed by atoms with van der Waals surface area (Å²) in [5.41, 5.74) is 0.859. The van der Waals surface area contributed by atoms with E-state index >= 15 is 0 Å². The van der Waals surface area contributed by atoms with Gasteiger partial charge in [-0.2, -0.15) is 0 Å². The van der Waals surface area contributed by atoms with Crippen LogP contribution in [0.4, 0.5) is 0 Å². The maximum Gasteiger partial charge on any atom is 0.100 e. The van der Waals surface area contributed by atoms with E-state index < -0.39 is 0 Å². The standard InChI is InChI=1S/C9H16ClN3/c1-3-4-5-6-13-7-9(8(2)10)11-12-13/h7-8H,3-6H2,1-2H3. The van der Waals surface area contributed by atoms with E-state index in [4.69, 9.17) is 11.6 Å². The fourth-order valence-corrected chi connectivity index (χ4v) is 1.23. The number of unbranched alkanes of at least 4 members (excludes halogenated alkanes) is 2. The second-order valence-corrected chi connectivity index (χ2v) is 3.88. The highest BCUT2D eigenvalue weighted by Gasteiger charge is 2.05. The van der Waals surface area contributed by atoms with Crippen LogP contribution in [0.1, 0.15) is 44.2 Å². The first kappa shape index (κ1) is 10.5. The highest BCUT2D eigenvalue weighted by atomic mass is 35.5. The van der Waals surface area contributed by atoms with Crippen LogP contribution in [0.25, 0.3) is 0 Å². The lowest BCUT2D eigenvalue weighted by Crippen LogP contribution is -1.98. The Morgan fingerprint density at radius 1 is 1.54 bits per heavy atom. The van der Waals surface area contributed by atoms with Crippen molar-refractivity contribution in [3.63, 3.8) is 0 Å². The van der Waals surface area contributed by atoms with Crippen LogP contribution in [-0.2, 0) is 6.54 Å². The summed E-state index contributed by atoms with van der Waals surface area (Å²) >= 11 is 5.86. The first-order chi connectivity index (χ1) is 6.24. The van der Waals surface area contributed by atoms with Crippen molar-refractivity contribution in [1.82, 2.24) is 15.0 Å². The molecule has 0 saturated carbocycles. The molecule has 1 heterocycles. The largest absolute Gasteiger partial charge is 0.252 e. The highest BCUT2D eigenvalue weighted by Crippen LogP contribution is 2.15. The van der Waals surface area contributed by atoms with Crippen LogP contribution >= 0.6 is 11.6 Å². The van der Waals surface area contributed by atoms with Crippen LogP contribution in [0.5, 0.6) is 0 Å². The second kappa shape index (κ2) is 5.22. The molecule has 0 radical (unpaired) electrons. The number of nitrogens with zero attached hydrogens (tertiary/aromatic N) is 3. The van der Waals surface area contributed by atoms with Crippen molar-refractivity contribution in [2.45, 2.75) is 45.0 Å². The molecule has 1 atom stereocenters. The van der Waals surface area contributed by atoms with E-state index in [9.17, 15) is 0 Å². The van der Waals surface area contributed by atoms with Gasteiger partial charge in [0.1, 0.15) is 5.69 Å². The summed E-state index contributed by atoms with van der Waals surface area (Å²) in [7, 11) is 0. The van der Waals surface area contributed by atoms with Gasteiger partial charge in [0.25, 0.3) is 0 Å². The van der Waals surface area contributed by atoms with Gasteiger partial charge in [0.05, 0.1) is 5.38 Å². The first-order valence-corrected chi connectivity index (χ1v) is 5.21. The molecule has 0 bridgehead atoms. The molecule has 1 rings (SSSR count). The minimum absolute atomic E-state index is 0.0417. The van der Waals surface area contributed by atoms with Crippen LogP contribution in [0, 0.1) is 0 Å². The van der Waals surface area contributed by atoms with Crippen molar-refractivity contribution in [3.05, 3.63) is 11.9 Å². The Morgan fingerprint density at radius 3 is 2.85 bits per heavy atom. The average Bonchev–Trinajstić information content (AvgIpc) is 2.53. The minimum Gasteiger partial charge on any atom is -0.252 e. The van der Waals surface area contributed by atoms with Crippen LogP contribution in [0.3, 0.4) is 0 Å². The molecule has 74 valence electrons. The molecule has 0 aliphatic rings. The number of aryl methyl sites for hydroxylation is 1. The number of hydrogen-bond donors (Lipinski definition) is 0. The smallest absolute Gasteiger partial charge is 0.100 e. The summed E-state index contributed by atoms with van der Waals surface area (Å²) in [6.07, 6.45) is 5.56. The van der Waals surface area contributed by atoms with Gasteiger partial charge in [0, 0.05) is 12.7 Å². The fraction of sp³-hybridized carbons (Fsp3) is 0.778. The van der Waals surface area contributed by atoms with E-state index in [0.717, 1.165) is 18.7 Å². The Morgan fingerprint density at radius 2 is 2.31 bits per heavy atom. The molecule has 0 aliphatic carbocycles. The van der Waals surface area contributed by atoms with Crippen LogP contribution in [0.2, 0.25) is 0 Å². The lowest BCUT2D eigenvalue weighted by atomic mass is 10.2. The lowest BCUT2D eigenvalue weighted by molar-refractivity contribution is 0.537. The molecule has 0 N–H and O–H groups in total. The molecule has 13 heavy (non-hydrogen) atoms. The summed E-state index contributed by atoms with van der Waals surface area (Å²) in [4.78, 5) is 0.